The molecule has 2 heteroatoms. The van der Waals surface area contributed by atoms with Gasteiger partial charge in [-0.3, -0.25) is 0 Å². The molecular formula is C18H25NS. The third-order valence-electron chi connectivity index (χ3n) is 6.51. The van der Waals surface area contributed by atoms with Gasteiger partial charge in [0.2, 0.25) is 0 Å². The molecule has 1 nitrogen and oxygen atoms in total. The van der Waals surface area contributed by atoms with Crippen molar-refractivity contribution in [3.05, 3.63) is 21.9 Å². The Bertz CT molecular complexity index is 478. The van der Waals surface area contributed by atoms with Crippen molar-refractivity contribution in [1.29, 1.82) is 0 Å². The molecule has 6 rings (SSSR count). The van der Waals surface area contributed by atoms with Gasteiger partial charge in [-0.1, -0.05) is 0 Å². The molecule has 1 aromatic heterocycles. The van der Waals surface area contributed by atoms with Gasteiger partial charge in [0.05, 0.1) is 0 Å². The van der Waals surface area contributed by atoms with Crippen LogP contribution in [0, 0.1) is 17.8 Å². The zero-order chi connectivity index (χ0) is 13.2. The predicted octanol–water partition coefficient (Wildman–Crippen LogP) is 4.47. The highest BCUT2D eigenvalue weighted by Gasteiger charge is 2.52. The van der Waals surface area contributed by atoms with Crippen LogP contribution in [0.25, 0.3) is 0 Å². The van der Waals surface area contributed by atoms with E-state index in [0.29, 0.717) is 5.41 Å². The summed E-state index contributed by atoms with van der Waals surface area (Å²) in [6.45, 7) is 1.13. The molecule has 0 aliphatic heterocycles. The van der Waals surface area contributed by atoms with Crippen molar-refractivity contribution in [2.24, 2.45) is 17.8 Å². The van der Waals surface area contributed by atoms with E-state index >= 15 is 0 Å². The second-order valence-corrected chi connectivity index (χ2v) is 8.91. The van der Waals surface area contributed by atoms with Gasteiger partial charge in [0.1, 0.15) is 0 Å². The van der Waals surface area contributed by atoms with Gasteiger partial charge in [-0.05, 0) is 96.4 Å². The molecule has 1 aromatic rings. The Labute approximate surface area is 126 Å². The lowest BCUT2D eigenvalue weighted by molar-refractivity contribution is -0.00541. The molecule has 0 amide bonds. The van der Waals surface area contributed by atoms with Crippen molar-refractivity contribution in [3.8, 4) is 0 Å². The van der Waals surface area contributed by atoms with Crippen LogP contribution in [0.15, 0.2) is 10.8 Å². The van der Waals surface area contributed by atoms with E-state index in [1.54, 1.807) is 30.4 Å². The molecule has 1 heterocycles. The first-order valence-corrected chi connectivity index (χ1v) is 9.54. The fourth-order valence-electron chi connectivity index (χ4n) is 5.91. The zero-order valence-electron chi connectivity index (χ0n) is 12.2. The van der Waals surface area contributed by atoms with Crippen LogP contribution in [0.2, 0.25) is 0 Å². The zero-order valence-corrected chi connectivity index (χ0v) is 13.1. The number of nitrogens with one attached hydrogen (secondary N) is 1. The van der Waals surface area contributed by atoms with Crippen LogP contribution in [0.5, 0.6) is 0 Å². The van der Waals surface area contributed by atoms with Gasteiger partial charge in [-0.15, -0.1) is 0 Å². The molecule has 5 aliphatic carbocycles. The predicted molar refractivity (Wildman–Crippen MR) is 84.0 cm³/mol. The van der Waals surface area contributed by atoms with Gasteiger partial charge in [-0.25, -0.2) is 0 Å². The maximum Gasteiger partial charge on any atom is 0.0219 e. The highest BCUT2D eigenvalue weighted by Crippen LogP contribution is 2.61. The summed E-state index contributed by atoms with van der Waals surface area (Å²) < 4.78 is 0. The number of hydrogen-bond acceptors (Lipinski definition) is 2. The summed E-state index contributed by atoms with van der Waals surface area (Å²) >= 11 is 1.95. The minimum Gasteiger partial charge on any atom is -0.310 e. The molecule has 5 aliphatic rings. The van der Waals surface area contributed by atoms with Gasteiger partial charge in [0.25, 0.3) is 0 Å². The maximum absolute atomic E-state index is 3.74. The van der Waals surface area contributed by atoms with Crippen molar-refractivity contribution in [1.82, 2.24) is 5.32 Å². The fourth-order valence-corrected chi connectivity index (χ4v) is 6.89. The Balaban J connectivity index is 1.45. The van der Waals surface area contributed by atoms with E-state index in [2.05, 4.69) is 16.1 Å². The van der Waals surface area contributed by atoms with Crippen molar-refractivity contribution >= 4 is 11.3 Å². The summed E-state index contributed by atoms with van der Waals surface area (Å²) in [6, 6.07) is 0.833. The molecular weight excluding hydrogens is 262 g/mol. The first kappa shape index (κ1) is 12.2. The van der Waals surface area contributed by atoms with Crippen LogP contribution in [0.4, 0.5) is 0 Å². The Morgan fingerprint density at radius 2 is 1.65 bits per heavy atom. The van der Waals surface area contributed by atoms with E-state index < -0.39 is 0 Å². The average Bonchev–Trinajstić information content (AvgIpc) is 3.11. The molecule has 0 spiro atoms. The Morgan fingerprint density at radius 1 is 1.00 bits per heavy atom. The summed E-state index contributed by atoms with van der Waals surface area (Å²) in [5.74, 6) is 3.18. The highest BCUT2D eigenvalue weighted by molar-refractivity contribution is 7.08. The van der Waals surface area contributed by atoms with Crippen LogP contribution in [-0.2, 0) is 12.0 Å². The summed E-state index contributed by atoms with van der Waals surface area (Å²) in [4.78, 5) is 0. The molecule has 1 N–H and O–H groups in total. The van der Waals surface area contributed by atoms with Crippen molar-refractivity contribution in [2.75, 3.05) is 0 Å². The minimum atomic E-state index is 0.593. The number of hydrogen-bond donors (Lipinski definition) is 1. The molecule has 20 heavy (non-hydrogen) atoms. The van der Waals surface area contributed by atoms with Crippen LogP contribution in [0.1, 0.15) is 62.5 Å². The standard InChI is InChI=1S/C18H25NS/c1-2-16(1)19-9-15-10-20-11-17(15)18-6-12-3-13(7-18)5-14(4-12)8-18/h10-14,16,19H,1-9H2. The van der Waals surface area contributed by atoms with E-state index in [1.807, 2.05) is 11.3 Å². The quantitative estimate of drug-likeness (QED) is 0.861. The van der Waals surface area contributed by atoms with Gasteiger partial charge < -0.3 is 5.32 Å². The average molecular weight is 287 g/mol. The summed E-state index contributed by atoms with van der Waals surface area (Å²) in [5, 5.41) is 8.68. The Morgan fingerprint density at radius 3 is 2.25 bits per heavy atom. The van der Waals surface area contributed by atoms with Crippen molar-refractivity contribution in [2.45, 2.75) is 69.4 Å². The lowest BCUT2D eigenvalue weighted by Gasteiger charge is -2.57. The summed E-state index contributed by atoms with van der Waals surface area (Å²) in [5.41, 5.74) is 3.99. The van der Waals surface area contributed by atoms with E-state index in [0.717, 1.165) is 30.3 Å². The molecule has 0 radical (unpaired) electrons. The lowest BCUT2D eigenvalue weighted by Crippen LogP contribution is -2.48. The largest absolute Gasteiger partial charge is 0.310 e. The normalized spacial score (nSPS) is 42.3. The van der Waals surface area contributed by atoms with Crippen LogP contribution in [0.3, 0.4) is 0 Å². The highest BCUT2D eigenvalue weighted by atomic mass is 32.1. The van der Waals surface area contributed by atoms with Crippen LogP contribution in [-0.4, -0.2) is 6.04 Å². The minimum absolute atomic E-state index is 0.593. The van der Waals surface area contributed by atoms with Crippen LogP contribution >= 0.6 is 11.3 Å². The third kappa shape index (κ3) is 1.91. The van der Waals surface area contributed by atoms with Gasteiger partial charge in [0, 0.05) is 12.6 Å². The monoisotopic (exact) mass is 287 g/mol. The second kappa shape index (κ2) is 4.33. The van der Waals surface area contributed by atoms with E-state index in [9.17, 15) is 0 Å². The molecule has 0 aromatic carbocycles. The second-order valence-electron chi connectivity index (χ2n) is 8.16. The molecule has 108 valence electrons. The molecule has 0 atom stereocenters. The Kier molecular flexibility index (Phi) is 2.65. The molecule has 4 bridgehead atoms. The molecule has 0 unspecified atom stereocenters. The SMILES string of the molecule is c1scc(C23CC4CC(CC(C4)C2)C3)c1CNC1CC1. The molecule has 5 saturated carbocycles. The van der Waals surface area contributed by atoms with E-state index in [1.165, 1.54) is 32.1 Å². The first-order valence-electron chi connectivity index (χ1n) is 8.60. The Hall–Kier alpha value is -0.340. The van der Waals surface area contributed by atoms with Gasteiger partial charge in [-0.2, -0.15) is 11.3 Å². The van der Waals surface area contributed by atoms with E-state index in [-0.39, 0.29) is 0 Å². The van der Waals surface area contributed by atoms with Gasteiger partial charge >= 0.3 is 0 Å². The maximum atomic E-state index is 3.74. The lowest BCUT2D eigenvalue weighted by atomic mass is 9.48. The fraction of sp³-hybridized carbons (Fsp3) is 0.778. The summed E-state index contributed by atoms with van der Waals surface area (Å²) in [6.07, 6.45) is 12.0. The summed E-state index contributed by atoms with van der Waals surface area (Å²) in [7, 11) is 0. The topological polar surface area (TPSA) is 12.0 Å². The van der Waals surface area contributed by atoms with Crippen molar-refractivity contribution < 1.29 is 0 Å². The van der Waals surface area contributed by atoms with E-state index in [4.69, 9.17) is 0 Å². The molecule has 0 saturated heterocycles. The van der Waals surface area contributed by atoms with Crippen molar-refractivity contribution in [3.63, 3.8) is 0 Å². The van der Waals surface area contributed by atoms with Gasteiger partial charge in [0.15, 0.2) is 0 Å². The molecule has 5 fully saturated rings. The number of thiophene rings is 1. The first-order chi connectivity index (χ1) is 9.81. The third-order valence-corrected chi connectivity index (χ3v) is 7.30. The smallest absolute Gasteiger partial charge is 0.0219 e. The van der Waals surface area contributed by atoms with Crippen LogP contribution < -0.4 is 5.32 Å². The number of rotatable bonds is 4.